The number of rotatable bonds is 3. The molecule has 0 unspecified atom stereocenters. The molecule has 0 aromatic carbocycles. The van der Waals surface area contributed by atoms with Crippen LogP contribution in [0.15, 0.2) is 47.5 Å². The van der Waals surface area contributed by atoms with Crippen LogP contribution in [0.5, 0.6) is 0 Å². The lowest BCUT2D eigenvalue weighted by molar-refractivity contribution is 0.0952. The van der Waals surface area contributed by atoms with E-state index in [0.29, 0.717) is 17.8 Å². The van der Waals surface area contributed by atoms with E-state index in [0.717, 1.165) is 10.2 Å². The molecular formula is C13H10BrN5O. The Morgan fingerprint density at radius 3 is 3.00 bits per heavy atom. The van der Waals surface area contributed by atoms with E-state index in [1.54, 1.807) is 23.1 Å². The first-order chi connectivity index (χ1) is 9.74. The summed E-state index contributed by atoms with van der Waals surface area (Å²) in [5.74, 6) is -0.222. The van der Waals surface area contributed by atoms with Gasteiger partial charge in [0.25, 0.3) is 5.91 Å². The molecule has 3 rings (SSSR count). The van der Waals surface area contributed by atoms with Gasteiger partial charge in [-0.2, -0.15) is 5.10 Å². The summed E-state index contributed by atoms with van der Waals surface area (Å²) in [6, 6.07) is 5.56. The number of fused-ring (bicyclic) bond motifs is 1. The SMILES string of the molecule is O=C(NCc1ccccn1)c1cnn2cc(Br)cnc12. The summed E-state index contributed by atoms with van der Waals surface area (Å²) in [7, 11) is 0. The summed E-state index contributed by atoms with van der Waals surface area (Å²) in [4.78, 5) is 20.5. The van der Waals surface area contributed by atoms with Crippen LogP contribution in [0.4, 0.5) is 0 Å². The third-order valence-electron chi connectivity index (χ3n) is 2.73. The van der Waals surface area contributed by atoms with Gasteiger partial charge in [0.05, 0.1) is 22.9 Å². The second-order valence-corrected chi connectivity index (χ2v) is 5.02. The van der Waals surface area contributed by atoms with Crippen LogP contribution in [0, 0.1) is 0 Å². The summed E-state index contributed by atoms with van der Waals surface area (Å²) < 4.78 is 2.35. The highest BCUT2D eigenvalue weighted by molar-refractivity contribution is 9.10. The summed E-state index contributed by atoms with van der Waals surface area (Å²) in [5.41, 5.74) is 1.76. The quantitative estimate of drug-likeness (QED) is 0.794. The lowest BCUT2D eigenvalue weighted by Crippen LogP contribution is -2.23. The second-order valence-electron chi connectivity index (χ2n) is 4.10. The largest absolute Gasteiger partial charge is 0.346 e. The molecular weight excluding hydrogens is 322 g/mol. The van der Waals surface area contributed by atoms with Crippen molar-refractivity contribution in [3.8, 4) is 0 Å². The second kappa shape index (κ2) is 5.38. The molecule has 0 saturated heterocycles. The number of carbonyl (C=O) groups excluding carboxylic acids is 1. The smallest absolute Gasteiger partial charge is 0.257 e. The molecule has 0 aliphatic heterocycles. The number of hydrogen-bond acceptors (Lipinski definition) is 4. The van der Waals surface area contributed by atoms with Crippen molar-refractivity contribution in [2.45, 2.75) is 6.54 Å². The van der Waals surface area contributed by atoms with Crippen molar-refractivity contribution in [1.82, 2.24) is 24.9 Å². The molecule has 0 saturated carbocycles. The van der Waals surface area contributed by atoms with E-state index in [4.69, 9.17) is 0 Å². The van der Waals surface area contributed by atoms with Gasteiger partial charge in [-0.3, -0.25) is 9.78 Å². The monoisotopic (exact) mass is 331 g/mol. The molecule has 7 heteroatoms. The first-order valence-electron chi connectivity index (χ1n) is 5.91. The number of nitrogens with one attached hydrogen (secondary N) is 1. The molecule has 0 atom stereocenters. The number of pyridine rings is 1. The lowest BCUT2D eigenvalue weighted by Gasteiger charge is -2.03. The van der Waals surface area contributed by atoms with Gasteiger partial charge < -0.3 is 5.32 Å². The van der Waals surface area contributed by atoms with Gasteiger partial charge in [-0.05, 0) is 28.1 Å². The topological polar surface area (TPSA) is 72.2 Å². The molecule has 0 aliphatic rings. The highest BCUT2D eigenvalue weighted by Gasteiger charge is 2.13. The third-order valence-corrected chi connectivity index (χ3v) is 3.14. The highest BCUT2D eigenvalue weighted by Crippen LogP contribution is 2.12. The van der Waals surface area contributed by atoms with Gasteiger partial charge in [0.15, 0.2) is 5.65 Å². The van der Waals surface area contributed by atoms with Gasteiger partial charge >= 0.3 is 0 Å². The average Bonchev–Trinajstić information content (AvgIpc) is 2.89. The molecule has 0 fully saturated rings. The fourth-order valence-electron chi connectivity index (χ4n) is 1.78. The Kier molecular flexibility index (Phi) is 3.42. The van der Waals surface area contributed by atoms with Crippen molar-refractivity contribution in [2.75, 3.05) is 0 Å². The van der Waals surface area contributed by atoms with Crippen LogP contribution >= 0.6 is 15.9 Å². The van der Waals surface area contributed by atoms with E-state index < -0.39 is 0 Å². The standard InChI is InChI=1S/C13H10BrN5O/c14-9-5-16-12-11(7-18-19(12)8-9)13(20)17-6-10-3-1-2-4-15-10/h1-5,7-8H,6H2,(H,17,20). The number of hydrogen-bond donors (Lipinski definition) is 1. The molecule has 3 aromatic rings. The van der Waals surface area contributed by atoms with Crippen molar-refractivity contribution in [1.29, 1.82) is 0 Å². The number of nitrogens with zero attached hydrogens (tertiary/aromatic N) is 4. The molecule has 1 amide bonds. The number of halogens is 1. The number of aromatic nitrogens is 4. The van der Waals surface area contributed by atoms with E-state index in [1.165, 1.54) is 6.20 Å². The molecule has 0 bridgehead atoms. The van der Waals surface area contributed by atoms with Crippen LogP contribution < -0.4 is 5.32 Å². The average molecular weight is 332 g/mol. The van der Waals surface area contributed by atoms with Crippen LogP contribution in [0.3, 0.4) is 0 Å². The highest BCUT2D eigenvalue weighted by atomic mass is 79.9. The number of carbonyl (C=O) groups is 1. The van der Waals surface area contributed by atoms with Gasteiger partial charge in [-0.15, -0.1) is 0 Å². The maximum absolute atomic E-state index is 12.1. The van der Waals surface area contributed by atoms with E-state index in [-0.39, 0.29) is 5.91 Å². The molecule has 20 heavy (non-hydrogen) atoms. The maximum Gasteiger partial charge on any atom is 0.257 e. The van der Waals surface area contributed by atoms with E-state index in [2.05, 4.69) is 36.3 Å². The van der Waals surface area contributed by atoms with Gasteiger partial charge in [0, 0.05) is 18.6 Å². The van der Waals surface area contributed by atoms with Gasteiger partial charge in [0.2, 0.25) is 0 Å². The Bertz CT molecular complexity index is 756. The summed E-state index contributed by atoms with van der Waals surface area (Å²) in [6.45, 7) is 0.369. The zero-order valence-electron chi connectivity index (χ0n) is 10.3. The Labute approximate surface area is 123 Å². The predicted octanol–water partition coefficient (Wildman–Crippen LogP) is 1.82. The normalized spacial score (nSPS) is 10.7. The zero-order chi connectivity index (χ0) is 13.9. The van der Waals surface area contributed by atoms with Crippen LogP contribution in [0.1, 0.15) is 16.1 Å². The summed E-state index contributed by atoms with van der Waals surface area (Å²) in [5, 5.41) is 6.90. The van der Waals surface area contributed by atoms with E-state index >= 15 is 0 Å². The van der Waals surface area contributed by atoms with Gasteiger partial charge in [-0.1, -0.05) is 6.07 Å². The molecule has 3 aromatic heterocycles. The first-order valence-corrected chi connectivity index (χ1v) is 6.70. The van der Waals surface area contributed by atoms with Crippen LogP contribution in [0.25, 0.3) is 5.65 Å². The first kappa shape index (κ1) is 12.7. The van der Waals surface area contributed by atoms with Crippen molar-refractivity contribution in [2.24, 2.45) is 0 Å². The minimum absolute atomic E-state index is 0.222. The zero-order valence-corrected chi connectivity index (χ0v) is 11.9. The van der Waals surface area contributed by atoms with E-state index in [9.17, 15) is 4.79 Å². The van der Waals surface area contributed by atoms with Crippen LogP contribution in [0.2, 0.25) is 0 Å². The van der Waals surface area contributed by atoms with E-state index in [1.807, 2.05) is 18.2 Å². The van der Waals surface area contributed by atoms with Crippen LogP contribution in [-0.2, 0) is 6.54 Å². The molecule has 0 spiro atoms. The lowest BCUT2D eigenvalue weighted by atomic mass is 10.3. The molecule has 100 valence electrons. The molecule has 1 N–H and O–H groups in total. The Hall–Kier alpha value is -2.28. The third kappa shape index (κ3) is 2.53. The fourth-order valence-corrected chi connectivity index (χ4v) is 2.08. The Balaban J connectivity index is 1.79. The predicted molar refractivity (Wildman–Crippen MR) is 76.1 cm³/mol. The molecule has 3 heterocycles. The van der Waals surface area contributed by atoms with Crippen molar-refractivity contribution >= 4 is 27.5 Å². The summed E-state index contributed by atoms with van der Waals surface area (Å²) >= 11 is 3.31. The van der Waals surface area contributed by atoms with Crippen molar-refractivity contribution < 1.29 is 4.79 Å². The van der Waals surface area contributed by atoms with Gasteiger partial charge in [0.1, 0.15) is 5.56 Å². The summed E-state index contributed by atoms with van der Waals surface area (Å²) in [6.07, 6.45) is 6.57. The Morgan fingerprint density at radius 2 is 2.20 bits per heavy atom. The number of amides is 1. The van der Waals surface area contributed by atoms with Gasteiger partial charge in [-0.25, -0.2) is 9.50 Å². The molecule has 6 nitrogen and oxygen atoms in total. The fraction of sp³-hybridized carbons (Fsp3) is 0.0769. The minimum atomic E-state index is -0.222. The maximum atomic E-state index is 12.1. The van der Waals surface area contributed by atoms with Crippen LogP contribution in [-0.4, -0.2) is 25.5 Å². The molecule has 0 aliphatic carbocycles. The Morgan fingerprint density at radius 1 is 1.30 bits per heavy atom. The van der Waals surface area contributed by atoms with Crippen molar-refractivity contribution in [3.05, 3.63) is 58.7 Å². The van der Waals surface area contributed by atoms with Crippen molar-refractivity contribution in [3.63, 3.8) is 0 Å². The molecule has 0 radical (unpaired) electrons. The minimum Gasteiger partial charge on any atom is -0.346 e.